The number of halogens is 1. The van der Waals surface area contributed by atoms with Gasteiger partial charge in [-0.3, -0.25) is 9.59 Å². The van der Waals surface area contributed by atoms with Crippen molar-refractivity contribution in [3.05, 3.63) is 77.6 Å². The largest absolute Gasteiger partial charge is 0.493 e. The SMILES string of the molecule is C=CCn1c(CNC(=O)/C=C/c2ccc(OC)c(OC)c2)nnc1SCC(=O)Nc1ccc(Cl)cc1. The summed E-state index contributed by atoms with van der Waals surface area (Å²) in [6.45, 7) is 4.36. The quantitative estimate of drug-likeness (QED) is 0.206. The molecule has 0 aliphatic rings. The van der Waals surface area contributed by atoms with Crippen LogP contribution in [-0.2, 0) is 22.7 Å². The summed E-state index contributed by atoms with van der Waals surface area (Å²) >= 11 is 7.11. The maximum absolute atomic E-state index is 12.4. The Balaban J connectivity index is 1.56. The maximum Gasteiger partial charge on any atom is 0.244 e. The van der Waals surface area contributed by atoms with Gasteiger partial charge in [-0.05, 0) is 48.0 Å². The van der Waals surface area contributed by atoms with Crippen LogP contribution in [0.5, 0.6) is 11.5 Å². The number of carbonyl (C=O) groups is 2. The van der Waals surface area contributed by atoms with E-state index in [9.17, 15) is 9.59 Å². The van der Waals surface area contributed by atoms with Crippen LogP contribution in [0, 0.1) is 0 Å². The molecular formula is C25H26ClN5O4S. The van der Waals surface area contributed by atoms with Crippen LogP contribution >= 0.6 is 23.4 Å². The Morgan fingerprint density at radius 2 is 1.86 bits per heavy atom. The van der Waals surface area contributed by atoms with Crippen molar-refractivity contribution in [3.8, 4) is 11.5 Å². The highest BCUT2D eigenvalue weighted by Gasteiger charge is 2.14. The van der Waals surface area contributed by atoms with Crippen molar-refractivity contribution in [3.63, 3.8) is 0 Å². The van der Waals surface area contributed by atoms with Gasteiger partial charge in [0, 0.05) is 23.3 Å². The smallest absolute Gasteiger partial charge is 0.244 e. The van der Waals surface area contributed by atoms with E-state index in [1.807, 2.05) is 6.07 Å². The van der Waals surface area contributed by atoms with Crippen molar-refractivity contribution in [2.24, 2.45) is 0 Å². The van der Waals surface area contributed by atoms with Gasteiger partial charge in [-0.2, -0.15) is 0 Å². The van der Waals surface area contributed by atoms with E-state index in [0.717, 1.165) is 5.56 Å². The molecule has 1 heterocycles. The Morgan fingerprint density at radius 1 is 1.11 bits per heavy atom. The average Bonchev–Trinajstić information content (AvgIpc) is 3.27. The molecule has 9 nitrogen and oxygen atoms in total. The molecule has 0 radical (unpaired) electrons. The first-order chi connectivity index (χ1) is 17.4. The lowest BCUT2D eigenvalue weighted by Gasteiger charge is -2.09. The Morgan fingerprint density at radius 3 is 2.56 bits per heavy atom. The Hall–Kier alpha value is -3.76. The van der Waals surface area contributed by atoms with Gasteiger partial charge in [0.25, 0.3) is 0 Å². The van der Waals surface area contributed by atoms with E-state index in [-0.39, 0.29) is 24.1 Å². The summed E-state index contributed by atoms with van der Waals surface area (Å²) < 4.78 is 12.3. The Bertz CT molecular complexity index is 1240. The number of allylic oxidation sites excluding steroid dienone is 1. The zero-order chi connectivity index (χ0) is 25.9. The third kappa shape index (κ3) is 7.62. The molecule has 2 aromatic carbocycles. The predicted octanol–water partition coefficient (Wildman–Crippen LogP) is 4.20. The predicted molar refractivity (Wildman–Crippen MR) is 141 cm³/mol. The van der Waals surface area contributed by atoms with Crippen molar-refractivity contribution in [1.29, 1.82) is 0 Å². The number of anilines is 1. The lowest BCUT2D eigenvalue weighted by Crippen LogP contribution is -2.23. The van der Waals surface area contributed by atoms with Gasteiger partial charge >= 0.3 is 0 Å². The Labute approximate surface area is 218 Å². The molecule has 0 unspecified atom stereocenters. The van der Waals surface area contributed by atoms with Crippen LogP contribution < -0.4 is 20.1 Å². The third-order valence-electron chi connectivity index (χ3n) is 4.82. The van der Waals surface area contributed by atoms with Crippen molar-refractivity contribution in [2.75, 3.05) is 25.3 Å². The standard InChI is InChI=1S/C25H26ClN5O4S/c1-4-13-31-22(15-27-23(32)12-6-17-5-11-20(34-2)21(14-17)35-3)29-30-25(31)36-16-24(33)28-19-9-7-18(26)8-10-19/h4-12,14H,1,13,15-16H2,2-3H3,(H,27,32)(H,28,33)/b12-6+. The number of methoxy groups -OCH3 is 2. The number of hydrogen-bond donors (Lipinski definition) is 2. The molecule has 2 amide bonds. The highest BCUT2D eigenvalue weighted by atomic mass is 35.5. The molecule has 188 valence electrons. The van der Waals surface area contributed by atoms with Crippen molar-refractivity contribution in [1.82, 2.24) is 20.1 Å². The number of nitrogens with one attached hydrogen (secondary N) is 2. The lowest BCUT2D eigenvalue weighted by molar-refractivity contribution is -0.116. The summed E-state index contributed by atoms with van der Waals surface area (Å²) in [6.07, 6.45) is 4.79. The topological polar surface area (TPSA) is 107 Å². The van der Waals surface area contributed by atoms with Crippen LogP contribution in [0.2, 0.25) is 5.02 Å². The highest BCUT2D eigenvalue weighted by molar-refractivity contribution is 7.99. The minimum Gasteiger partial charge on any atom is -0.493 e. The molecule has 0 aliphatic carbocycles. The van der Waals surface area contributed by atoms with E-state index in [0.29, 0.717) is 39.7 Å². The van der Waals surface area contributed by atoms with Gasteiger partial charge in [-0.1, -0.05) is 35.5 Å². The number of carbonyl (C=O) groups excluding carboxylic acids is 2. The molecule has 3 rings (SSSR count). The number of hydrogen-bond acceptors (Lipinski definition) is 7. The van der Waals surface area contributed by atoms with Gasteiger partial charge in [0.2, 0.25) is 11.8 Å². The van der Waals surface area contributed by atoms with Crippen LogP contribution in [0.15, 0.2) is 66.4 Å². The van der Waals surface area contributed by atoms with E-state index in [1.54, 1.807) is 67.3 Å². The fraction of sp³-hybridized carbons (Fsp3) is 0.200. The van der Waals surface area contributed by atoms with E-state index in [4.69, 9.17) is 21.1 Å². The van der Waals surface area contributed by atoms with E-state index < -0.39 is 0 Å². The number of nitrogens with zero attached hydrogens (tertiary/aromatic N) is 3. The van der Waals surface area contributed by atoms with Crippen molar-refractivity contribution in [2.45, 2.75) is 18.2 Å². The summed E-state index contributed by atoms with van der Waals surface area (Å²) in [5, 5.41) is 15.1. The second-order valence-electron chi connectivity index (χ2n) is 7.31. The van der Waals surface area contributed by atoms with Gasteiger partial charge in [-0.15, -0.1) is 16.8 Å². The van der Waals surface area contributed by atoms with Crippen LogP contribution in [0.4, 0.5) is 5.69 Å². The molecule has 2 N–H and O–H groups in total. The molecule has 11 heteroatoms. The lowest BCUT2D eigenvalue weighted by atomic mass is 10.2. The molecule has 3 aromatic rings. The van der Waals surface area contributed by atoms with E-state index >= 15 is 0 Å². The van der Waals surface area contributed by atoms with Crippen LogP contribution in [-0.4, -0.2) is 46.6 Å². The molecule has 0 aliphatic heterocycles. The van der Waals surface area contributed by atoms with Crippen LogP contribution in [0.3, 0.4) is 0 Å². The van der Waals surface area contributed by atoms with Gasteiger partial charge in [0.15, 0.2) is 22.5 Å². The summed E-state index contributed by atoms with van der Waals surface area (Å²) in [5.41, 5.74) is 1.44. The number of aromatic nitrogens is 3. The molecule has 0 atom stereocenters. The fourth-order valence-corrected chi connectivity index (χ4v) is 3.98. The van der Waals surface area contributed by atoms with Crippen LogP contribution in [0.25, 0.3) is 6.08 Å². The summed E-state index contributed by atoms with van der Waals surface area (Å²) in [4.78, 5) is 24.7. The molecule has 0 bridgehead atoms. The first-order valence-corrected chi connectivity index (χ1v) is 12.2. The zero-order valence-electron chi connectivity index (χ0n) is 19.9. The first kappa shape index (κ1) is 26.8. The summed E-state index contributed by atoms with van der Waals surface area (Å²) in [7, 11) is 3.11. The second-order valence-corrected chi connectivity index (χ2v) is 8.69. The fourth-order valence-electron chi connectivity index (χ4n) is 3.08. The molecule has 0 fully saturated rings. The summed E-state index contributed by atoms with van der Waals surface area (Å²) in [5.74, 6) is 1.38. The normalized spacial score (nSPS) is 10.8. The van der Waals surface area contributed by atoms with Gasteiger partial charge < -0.3 is 24.7 Å². The molecule has 1 aromatic heterocycles. The van der Waals surface area contributed by atoms with E-state index in [2.05, 4.69) is 27.4 Å². The van der Waals surface area contributed by atoms with Gasteiger partial charge in [0.05, 0.1) is 26.5 Å². The molecular weight excluding hydrogens is 502 g/mol. The van der Waals surface area contributed by atoms with E-state index in [1.165, 1.54) is 17.8 Å². The number of ether oxygens (including phenoxy) is 2. The summed E-state index contributed by atoms with van der Waals surface area (Å²) in [6, 6.07) is 12.2. The van der Waals surface area contributed by atoms with Gasteiger partial charge in [-0.25, -0.2) is 0 Å². The number of amides is 2. The minimum atomic E-state index is -0.297. The Kier molecular flexibility index (Phi) is 9.96. The number of thioether (sulfide) groups is 1. The van der Waals surface area contributed by atoms with Crippen molar-refractivity contribution >= 4 is 46.9 Å². The third-order valence-corrected chi connectivity index (χ3v) is 6.04. The van der Waals surface area contributed by atoms with Crippen LogP contribution in [0.1, 0.15) is 11.4 Å². The molecule has 0 spiro atoms. The van der Waals surface area contributed by atoms with Crippen molar-refractivity contribution < 1.29 is 19.1 Å². The molecule has 36 heavy (non-hydrogen) atoms. The first-order valence-electron chi connectivity index (χ1n) is 10.8. The maximum atomic E-state index is 12.4. The minimum absolute atomic E-state index is 0.137. The monoisotopic (exact) mass is 527 g/mol. The average molecular weight is 528 g/mol. The van der Waals surface area contributed by atoms with Gasteiger partial charge in [0.1, 0.15) is 0 Å². The second kappa shape index (κ2) is 13.4. The highest BCUT2D eigenvalue weighted by Crippen LogP contribution is 2.28. The zero-order valence-corrected chi connectivity index (χ0v) is 21.4. The number of rotatable bonds is 12. The molecule has 0 saturated heterocycles. The number of benzene rings is 2. The molecule has 0 saturated carbocycles.